The summed E-state index contributed by atoms with van der Waals surface area (Å²) in [5, 5.41) is 19.2. The highest BCUT2D eigenvalue weighted by atomic mass is 32.2. The second kappa shape index (κ2) is 11.0. The molecule has 2 aromatic heterocycles. The van der Waals surface area contributed by atoms with Crippen LogP contribution >= 0.6 is 11.8 Å². The van der Waals surface area contributed by atoms with E-state index in [0.29, 0.717) is 0 Å². The third-order valence-corrected chi connectivity index (χ3v) is 7.96. The van der Waals surface area contributed by atoms with Crippen LogP contribution in [0.3, 0.4) is 0 Å². The topological polar surface area (TPSA) is 82.1 Å². The SMILES string of the molecule is [C-]#[N+]C([N+]#[C-])=C1Cc2c(-c3cc(F)nc(F)c3)c3c(c(-c4cc(F)nc(F)c4)c2=C1C)CC(=C(C#N)C#N)C=3SC(F)(F)F. The average molecular weight is 621 g/mol. The van der Waals surface area contributed by atoms with Gasteiger partial charge in [-0.3, -0.25) is 0 Å². The fourth-order valence-electron chi connectivity index (χ4n) is 5.59. The minimum Gasteiger partial charge on any atom is -0.192 e. The van der Waals surface area contributed by atoms with Crippen molar-refractivity contribution in [3.8, 4) is 34.4 Å². The molecule has 2 aliphatic rings. The molecule has 44 heavy (non-hydrogen) atoms. The van der Waals surface area contributed by atoms with Gasteiger partial charge in [0.2, 0.25) is 23.8 Å². The third kappa shape index (κ3) is 5.06. The number of hydrogen-bond donors (Lipinski definition) is 0. The highest BCUT2D eigenvalue weighted by Crippen LogP contribution is 2.47. The van der Waals surface area contributed by atoms with E-state index in [2.05, 4.69) is 19.7 Å². The summed E-state index contributed by atoms with van der Waals surface area (Å²) in [5.41, 5.74) is -6.11. The molecule has 0 spiro atoms. The summed E-state index contributed by atoms with van der Waals surface area (Å²) in [6.07, 6.45) is -0.781. The van der Waals surface area contributed by atoms with Crippen molar-refractivity contribution < 1.29 is 30.7 Å². The van der Waals surface area contributed by atoms with Crippen molar-refractivity contribution in [2.24, 2.45) is 0 Å². The highest BCUT2D eigenvalue weighted by Gasteiger charge is 2.39. The van der Waals surface area contributed by atoms with Crippen LogP contribution in [0.4, 0.5) is 30.7 Å². The van der Waals surface area contributed by atoms with Crippen molar-refractivity contribution in [2.45, 2.75) is 25.3 Å². The Bertz CT molecular complexity index is 2120. The van der Waals surface area contributed by atoms with Gasteiger partial charge in [-0.15, -0.1) is 0 Å². The van der Waals surface area contributed by atoms with E-state index in [0.717, 1.165) is 24.3 Å². The molecule has 0 saturated carbocycles. The van der Waals surface area contributed by atoms with Gasteiger partial charge in [0.1, 0.15) is 30.9 Å². The molecule has 216 valence electrons. The van der Waals surface area contributed by atoms with Gasteiger partial charge in [-0.25, -0.2) is 0 Å². The van der Waals surface area contributed by atoms with Gasteiger partial charge < -0.3 is 0 Å². The maximum absolute atomic E-state index is 14.5. The molecular weight excluding hydrogens is 609 g/mol. The van der Waals surface area contributed by atoms with Crippen molar-refractivity contribution >= 4 is 22.2 Å². The molecule has 0 atom stereocenters. The van der Waals surface area contributed by atoms with E-state index in [1.165, 1.54) is 6.92 Å². The van der Waals surface area contributed by atoms with Crippen molar-refractivity contribution in [1.29, 1.82) is 10.5 Å². The highest BCUT2D eigenvalue weighted by molar-refractivity contribution is 8.09. The zero-order valence-electron chi connectivity index (χ0n) is 22.0. The smallest absolute Gasteiger partial charge is 0.192 e. The molecule has 0 aliphatic heterocycles. The predicted molar refractivity (Wildman–Crippen MR) is 144 cm³/mol. The van der Waals surface area contributed by atoms with Crippen molar-refractivity contribution in [1.82, 2.24) is 9.97 Å². The zero-order chi connectivity index (χ0) is 32.1. The van der Waals surface area contributed by atoms with E-state index >= 15 is 0 Å². The summed E-state index contributed by atoms with van der Waals surface area (Å²) in [6, 6.07) is 6.38. The van der Waals surface area contributed by atoms with Crippen molar-refractivity contribution in [2.75, 3.05) is 0 Å². The van der Waals surface area contributed by atoms with E-state index in [1.54, 1.807) is 12.1 Å². The standard InChI is InChI=1S/C30H11F7N6S/c1-12-16(29(40-2)41-3)8-18-24(12)25(13-4-20(31)42-21(32)5-13)19-9-17(15(10-38)11-39)28(44-30(35,36)37)27(19)26(18)14-6-22(33)43-23(34)7-14/h4-7H,8-9H2,1H3. The number of allylic oxidation sites excluding steroid dienone is 2. The molecule has 2 heterocycles. The number of nitrogens with zero attached hydrogens (tertiary/aromatic N) is 6. The van der Waals surface area contributed by atoms with E-state index in [9.17, 15) is 41.3 Å². The summed E-state index contributed by atoms with van der Waals surface area (Å²) in [5.74, 6) is -5.54. The quantitative estimate of drug-likeness (QED) is 0.146. The number of halogens is 7. The molecule has 5 rings (SSSR count). The van der Waals surface area contributed by atoms with Gasteiger partial charge in [-0.2, -0.15) is 60.9 Å². The fraction of sp³-hybridized carbons (Fsp3) is 0.133. The Balaban J connectivity index is 2.17. The van der Waals surface area contributed by atoms with Crippen LogP contribution < -0.4 is 10.4 Å². The van der Waals surface area contributed by atoms with Crippen LogP contribution in [0.2, 0.25) is 0 Å². The Morgan fingerprint density at radius 2 is 1.23 bits per heavy atom. The monoisotopic (exact) mass is 620 g/mol. The molecule has 14 heteroatoms. The molecule has 6 nitrogen and oxygen atoms in total. The van der Waals surface area contributed by atoms with Gasteiger partial charge in [-0.1, -0.05) is 0 Å². The zero-order valence-corrected chi connectivity index (χ0v) is 22.8. The Hall–Kier alpha value is -5.44. The number of fused-ring (bicyclic) bond motifs is 2. The van der Waals surface area contributed by atoms with E-state index in [4.69, 9.17) is 13.1 Å². The number of pyridine rings is 2. The Kier molecular flexibility index (Phi) is 7.51. The van der Waals surface area contributed by atoms with Crippen LogP contribution in [-0.4, -0.2) is 15.5 Å². The minimum absolute atomic E-state index is 0.0127. The average Bonchev–Trinajstić information content (AvgIpc) is 3.45. The van der Waals surface area contributed by atoms with Crippen LogP contribution in [-0.2, 0) is 12.8 Å². The van der Waals surface area contributed by atoms with Crippen LogP contribution in [0.15, 0.2) is 46.8 Å². The molecular formula is C30H11F7N6S. The second-order valence-corrected chi connectivity index (χ2v) is 10.5. The Morgan fingerprint density at radius 1 is 0.795 bits per heavy atom. The molecule has 0 radical (unpaired) electrons. The summed E-state index contributed by atoms with van der Waals surface area (Å²) >= 11 is -0.659. The first-order chi connectivity index (χ1) is 20.8. The number of aromatic nitrogens is 2. The van der Waals surface area contributed by atoms with Gasteiger partial charge in [0.05, 0.1) is 5.57 Å². The lowest BCUT2D eigenvalue weighted by molar-refractivity contribution is -0.0318. The Labute approximate surface area is 248 Å². The lowest BCUT2D eigenvalue weighted by Crippen LogP contribution is -2.25. The van der Waals surface area contributed by atoms with E-state index < -0.39 is 58.0 Å². The van der Waals surface area contributed by atoms with Gasteiger partial charge in [-0.05, 0) is 74.9 Å². The Morgan fingerprint density at radius 3 is 1.66 bits per heavy atom. The summed E-state index contributed by atoms with van der Waals surface area (Å²) in [6.45, 7) is 16.4. The number of benzene rings is 1. The van der Waals surface area contributed by atoms with Gasteiger partial charge in [0, 0.05) is 40.8 Å². The molecule has 2 aliphatic carbocycles. The molecule has 0 unspecified atom stereocenters. The number of thioether (sulfide) groups is 1. The van der Waals surface area contributed by atoms with Crippen molar-refractivity contribution in [3.05, 3.63) is 115 Å². The third-order valence-electron chi connectivity index (χ3n) is 7.07. The van der Waals surface area contributed by atoms with Crippen LogP contribution in [0.5, 0.6) is 0 Å². The predicted octanol–water partition coefficient (Wildman–Crippen LogP) is 6.40. The fourth-order valence-corrected chi connectivity index (χ4v) is 6.45. The van der Waals surface area contributed by atoms with Gasteiger partial charge in [0.25, 0.3) is 0 Å². The van der Waals surface area contributed by atoms with Crippen LogP contribution in [0.25, 0.3) is 42.4 Å². The second-order valence-electron chi connectivity index (χ2n) is 9.42. The van der Waals surface area contributed by atoms with Gasteiger partial charge in [0.15, 0.2) is 0 Å². The first kappa shape index (κ1) is 30.0. The first-order valence-corrected chi connectivity index (χ1v) is 13.0. The maximum atomic E-state index is 14.5. The summed E-state index contributed by atoms with van der Waals surface area (Å²) < 4.78 is 100. The van der Waals surface area contributed by atoms with E-state index in [1.807, 2.05) is 0 Å². The summed E-state index contributed by atoms with van der Waals surface area (Å²) in [7, 11) is 0. The number of rotatable bonds is 3. The van der Waals surface area contributed by atoms with E-state index in [-0.39, 0.29) is 72.8 Å². The molecule has 3 aromatic rings. The lowest BCUT2D eigenvalue weighted by atomic mass is 9.87. The molecule has 0 fully saturated rings. The van der Waals surface area contributed by atoms with Gasteiger partial charge >= 0.3 is 11.3 Å². The summed E-state index contributed by atoms with van der Waals surface area (Å²) in [4.78, 5) is 12.0. The minimum atomic E-state index is -4.98. The van der Waals surface area contributed by atoms with Crippen LogP contribution in [0.1, 0.15) is 18.1 Å². The number of hydrogen-bond acceptors (Lipinski definition) is 5. The number of nitriles is 2. The van der Waals surface area contributed by atoms with Crippen LogP contribution in [0, 0.1) is 59.6 Å². The molecule has 0 saturated heterocycles. The largest absolute Gasteiger partial charge is 0.523 e. The molecule has 0 N–H and O–H groups in total. The molecule has 0 amide bonds. The molecule has 1 aromatic carbocycles. The molecule has 0 bridgehead atoms. The first-order valence-electron chi connectivity index (χ1n) is 12.2. The maximum Gasteiger partial charge on any atom is 0.523 e. The van der Waals surface area contributed by atoms with Crippen molar-refractivity contribution in [3.63, 3.8) is 0 Å². The normalized spacial score (nSPS) is 13.5. The number of alkyl halides is 3. The lowest BCUT2D eigenvalue weighted by Gasteiger charge is -2.17.